The molecule has 3 aromatic rings. The number of carbonyl (C=O) groups is 1. The van der Waals surface area contributed by atoms with E-state index in [1.54, 1.807) is 11.6 Å². The number of carbonyl (C=O) groups excluding carboxylic acids is 1. The van der Waals surface area contributed by atoms with E-state index >= 15 is 0 Å². The van der Waals surface area contributed by atoms with Crippen molar-refractivity contribution in [3.63, 3.8) is 0 Å². The molecule has 0 aliphatic carbocycles. The van der Waals surface area contributed by atoms with E-state index in [0.717, 1.165) is 21.5 Å². The van der Waals surface area contributed by atoms with Gasteiger partial charge in [-0.1, -0.05) is 54.2 Å². The molecular weight excluding hydrogens is 360 g/mol. The van der Waals surface area contributed by atoms with Crippen LogP contribution in [-0.2, 0) is 9.53 Å². The molecule has 0 fully saturated rings. The van der Waals surface area contributed by atoms with E-state index in [2.05, 4.69) is 27.4 Å². The summed E-state index contributed by atoms with van der Waals surface area (Å²) in [5.74, 6) is 0.843. The molecule has 136 valence electrons. The second-order valence-electron chi connectivity index (χ2n) is 6.02. The molecule has 1 aliphatic heterocycles. The highest BCUT2D eigenvalue weighted by Gasteiger charge is 2.24. The van der Waals surface area contributed by atoms with Crippen LogP contribution in [0.5, 0.6) is 0 Å². The fourth-order valence-corrected chi connectivity index (χ4v) is 3.83. The Labute approximate surface area is 160 Å². The Morgan fingerprint density at radius 1 is 1.22 bits per heavy atom. The highest BCUT2D eigenvalue weighted by molar-refractivity contribution is 7.99. The molecule has 0 amide bonds. The molecule has 4 rings (SSSR count). The zero-order chi connectivity index (χ0) is 18.8. The van der Waals surface area contributed by atoms with Crippen molar-refractivity contribution in [3.05, 3.63) is 59.4 Å². The number of aryl methyl sites for hydroxylation is 1. The summed E-state index contributed by atoms with van der Waals surface area (Å²) in [4.78, 5) is 12.7. The van der Waals surface area contributed by atoms with Gasteiger partial charge in [0.15, 0.2) is 5.82 Å². The first kappa shape index (κ1) is 17.5. The topological polar surface area (TPSA) is 69.4 Å². The summed E-state index contributed by atoms with van der Waals surface area (Å²) >= 11 is 1.51. The zero-order valence-corrected chi connectivity index (χ0v) is 15.9. The third kappa shape index (κ3) is 3.38. The third-order valence-corrected chi connectivity index (χ3v) is 5.19. The molecule has 2 heterocycles. The molecule has 0 saturated heterocycles. The van der Waals surface area contributed by atoms with Crippen LogP contribution in [0.15, 0.2) is 58.3 Å². The van der Waals surface area contributed by atoms with E-state index in [-0.39, 0.29) is 5.97 Å². The van der Waals surface area contributed by atoms with Crippen LogP contribution in [0.3, 0.4) is 0 Å². The number of fused-ring (bicyclic) bond motifs is 2. The van der Waals surface area contributed by atoms with Crippen molar-refractivity contribution in [2.24, 2.45) is 5.10 Å². The summed E-state index contributed by atoms with van der Waals surface area (Å²) in [7, 11) is 0. The number of benzene rings is 2. The maximum atomic E-state index is 12.7. The molecule has 1 aliphatic rings. The Balaban J connectivity index is 1.85. The predicted molar refractivity (Wildman–Crippen MR) is 107 cm³/mol. The van der Waals surface area contributed by atoms with Crippen LogP contribution in [0.25, 0.3) is 16.8 Å². The van der Waals surface area contributed by atoms with Gasteiger partial charge in [0, 0.05) is 5.75 Å². The van der Waals surface area contributed by atoms with Crippen molar-refractivity contribution >= 4 is 40.3 Å². The van der Waals surface area contributed by atoms with Crippen LogP contribution in [0.4, 0.5) is 0 Å². The average Bonchev–Trinajstić information content (AvgIpc) is 3.06. The van der Waals surface area contributed by atoms with Crippen LogP contribution in [0.1, 0.15) is 18.3 Å². The molecule has 7 heteroatoms. The number of aromatic nitrogens is 3. The van der Waals surface area contributed by atoms with E-state index in [1.165, 1.54) is 11.8 Å². The van der Waals surface area contributed by atoms with Gasteiger partial charge in [0.1, 0.15) is 0 Å². The lowest BCUT2D eigenvalue weighted by molar-refractivity contribution is -0.137. The average molecular weight is 378 g/mol. The van der Waals surface area contributed by atoms with Crippen LogP contribution in [0.2, 0.25) is 0 Å². The van der Waals surface area contributed by atoms with Crippen molar-refractivity contribution in [1.82, 2.24) is 14.9 Å². The van der Waals surface area contributed by atoms with Crippen molar-refractivity contribution < 1.29 is 9.53 Å². The number of esters is 1. The van der Waals surface area contributed by atoms with E-state index in [0.29, 0.717) is 29.5 Å². The molecule has 0 bridgehead atoms. The fourth-order valence-electron chi connectivity index (χ4n) is 2.96. The molecule has 2 aromatic carbocycles. The van der Waals surface area contributed by atoms with Gasteiger partial charge < -0.3 is 4.74 Å². The molecule has 0 spiro atoms. The van der Waals surface area contributed by atoms with Gasteiger partial charge in [-0.2, -0.15) is 9.78 Å². The number of ether oxygens (including phenoxy) is 1. The van der Waals surface area contributed by atoms with Gasteiger partial charge in [-0.3, -0.25) is 0 Å². The first-order valence-corrected chi connectivity index (χ1v) is 9.65. The number of hydrogen-bond donors (Lipinski definition) is 0. The lowest BCUT2D eigenvalue weighted by atomic mass is 10.0. The normalized spacial score (nSPS) is 14.0. The summed E-state index contributed by atoms with van der Waals surface area (Å²) in [6.07, 6.45) is 1.87. The Hall–Kier alpha value is -2.93. The van der Waals surface area contributed by atoms with E-state index in [4.69, 9.17) is 4.74 Å². The monoisotopic (exact) mass is 378 g/mol. The molecule has 0 N–H and O–H groups in total. The van der Waals surface area contributed by atoms with Crippen LogP contribution in [0, 0.1) is 6.92 Å². The van der Waals surface area contributed by atoms with Crippen LogP contribution < -0.4 is 0 Å². The Morgan fingerprint density at radius 3 is 2.89 bits per heavy atom. The summed E-state index contributed by atoms with van der Waals surface area (Å²) < 4.78 is 6.97. The van der Waals surface area contributed by atoms with E-state index in [1.807, 2.05) is 43.3 Å². The number of nitrogens with zero attached hydrogens (tertiary/aromatic N) is 4. The van der Waals surface area contributed by atoms with E-state index in [9.17, 15) is 4.79 Å². The number of hydrogen-bond acceptors (Lipinski definition) is 6. The highest BCUT2D eigenvalue weighted by Crippen LogP contribution is 2.26. The van der Waals surface area contributed by atoms with Gasteiger partial charge in [-0.25, -0.2) is 4.79 Å². The molecule has 6 nitrogen and oxygen atoms in total. The minimum Gasteiger partial charge on any atom is -0.462 e. The minimum absolute atomic E-state index is 0.309. The van der Waals surface area contributed by atoms with Gasteiger partial charge in [0.2, 0.25) is 5.16 Å². The summed E-state index contributed by atoms with van der Waals surface area (Å²) in [5, 5.41) is 15.7. The van der Waals surface area contributed by atoms with Crippen molar-refractivity contribution in [2.75, 3.05) is 12.4 Å². The Kier molecular flexibility index (Phi) is 4.77. The molecular formula is C20H18N4O2S. The van der Waals surface area contributed by atoms with Gasteiger partial charge in [-0.05, 0) is 36.3 Å². The predicted octanol–water partition coefficient (Wildman–Crippen LogP) is 3.70. The molecule has 0 unspecified atom stereocenters. The summed E-state index contributed by atoms with van der Waals surface area (Å²) in [6.45, 7) is 3.94. The minimum atomic E-state index is -0.376. The number of thioether (sulfide) groups is 1. The molecule has 1 aromatic heterocycles. The van der Waals surface area contributed by atoms with Crippen molar-refractivity contribution in [2.45, 2.75) is 19.0 Å². The summed E-state index contributed by atoms with van der Waals surface area (Å²) in [6, 6.07) is 14.1. The fraction of sp³-hybridized carbons (Fsp3) is 0.200. The SMILES string of the molecule is CCOC(=O)/C(=C\c1cccc2ccccc12)C1=Nn2c(C)nnc2SC1. The summed E-state index contributed by atoms with van der Waals surface area (Å²) in [5.41, 5.74) is 2.07. The molecule has 0 radical (unpaired) electrons. The lowest BCUT2D eigenvalue weighted by Gasteiger charge is -2.15. The van der Waals surface area contributed by atoms with Gasteiger partial charge in [0.25, 0.3) is 0 Å². The van der Waals surface area contributed by atoms with Crippen LogP contribution in [-0.4, -0.2) is 38.9 Å². The van der Waals surface area contributed by atoms with Gasteiger partial charge >= 0.3 is 5.97 Å². The maximum Gasteiger partial charge on any atom is 0.340 e. The van der Waals surface area contributed by atoms with Crippen molar-refractivity contribution in [3.8, 4) is 0 Å². The highest BCUT2D eigenvalue weighted by atomic mass is 32.2. The first-order chi connectivity index (χ1) is 13.2. The smallest absolute Gasteiger partial charge is 0.340 e. The quantitative estimate of drug-likeness (QED) is 0.511. The standard InChI is InChI=1S/C20H18N4O2S/c1-3-26-19(25)17(18-12-27-20-22-21-13(2)24(20)23-18)11-15-9-6-8-14-7-4-5-10-16(14)15/h4-11H,3,12H2,1-2H3/b17-11-. The molecule has 27 heavy (non-hydrogen) atoms. The second-order valence-corrected chi connectivity index (χ2v) is 6.97. The molecule has 0 saturated carbocycles. The molecule has 0 atom stereocenters. The lowest BCUT2D eigenvalue weighted by Crippen LogP contribution is -2.21. The Morgan fingerprint density at radius 2 is 2.04 bits per heavy atom. The Bertz CT molecular complexity index is 1080. The number of rotatable bonds is 4. The van der Waals surface area contributed by atoms with Crippen LogP contribution >= 0.6 is 11.8 Å². The largest absolute Gasteiger partial charge is 0.462 e. The van der Waals surface area contributed by atoms with Gasteiger partial charge in [-0.15, -0.1) is 10.2 Å². The van der Waals surface area contributed by atoms with E-state index < -0.39 is 0 Å². The van der Waals surface area contributed by atoms with Crippen molar-refractivity contribution in [1.29, 1.82) is 0 Å². The third-order valence-electron chi connectivity index (χ3n) is 4.26. The first-order valence-electron chi connectivity index (χ1n) is 8.67. The van der Waals surface area contributed by atoms with Gasteiger partial charge in [0.05, 0.1) is 17.9 Å². The second kappa shape index (κ2) is 7.36. The maximum absolute atomic E-state index is 12.7. The zero-order valence-electron chi connectivity index (χ0n) is 15.0.